The first-order valence-electron chi connectivity index (χ1n) is 11.1. The summed E-state index contributed by atoms with van der Waals surface area (Å²) in [5.74, 6) is -2.07. The van der Waals surface area contributed by atoms with Crippen molar-refractivity contribution < 1.29 is 45.5 Å². The van der Waals surface area contributed by atoms with Crippen LogP contribution < -0.4 is 10.2 Å². The summed E-state index contributed by atoms with van der Waals surface area (Å²) in [5.41, 5.74) is 2.33. The number of hydroxylamine groups is 1. The van der Waals surface area contributed by atoms with E-state index in [1.54, 1.807) is 0 Å². The molecule has 1 saturated heterocycles. The molecule has 0 unspecified atom stereocenters. The quantitative estimate of drug-likeness (QED) is 0.220. The molecule has 1 aliphatic heterocycles. The van der Waals surface area contributed by atoms with Gasteiger partial charge in [0.25, 0.3) is 5.91 Å². The Morgan fingerprint density at radius 2 is 1.69 bits per heavy atom. The van der Waals surface area contributed by atoms with Crippen molar-refractivity contribution in [3.63, 3.8) is 0 Å². The lowest BCUT2D eigenvalue weighted by molar-refractivity contribution is -0.325. The number of nitrogens with one attached hydrogen (secondary N) is 1. The maximum Gasteiger partial charge on any atom is 0.522 e. The second kappa shape index (κ2) is 11.1. The van der Waals surface area contributed by atoms with Gasteiger partial charge in [-0.3, -0.25) is 14.7 Å². The summed E-state index contributed by atoms with van der Waals surface area (Å²) in [6.45, 7) is 2.06. The number of halogens is 4. The standard InChI is InChI=1S/C23H26F4N2O6S/c1-2-29-11-9-22(10-12-29,21(30)28-31)36(32,33)18-6-3-16(4-7-18)17-5-8-20(19(24)15-17)34-13-14-35-23(25,26)27/h3-8,15,31H,2,9-14H2,1H3,(H,28,30). The highest BCUT2D eigenvalue weighted by Crippen LogP contribution is 2.37. The molecule has 2 aromatic carbocycles. The number of rotatable bonds is 9. The first kappa shape index (κ1) is 27.8. The number of benzene rings is 2. The van der Waals surface area contributed by atoms with Gasteiger partial charge in [-0.25, -0.2) is 18.3 Å². The Bertz CT molecular complexity index is 1160. The molecule has 0 aliphatic carbocycles. The summed E-state index contributed by atoms with van der Waals surface area (Å²) in [6.07, 6.45) is -4.78. The predicted molar refractivity (Wildman–Crippen MR) is 121 cm³/mol. The number of amides is 1. The summed E-state index contributed by atoms with van der Waals surface area (Å²) in [6, 6.07) is 9.32. The van der Waals surface area contributed by atoms with Gasteiger partial charge in [0.15, 0.2) is 26.2 Å². The van der Waals surface area contributed by atoms with E-state index < -0.39 is 45.9 Å². The highest BCUT2D eigenvalue weighted by Gasteiger charge is 2.52. The minimum Gasteiger partial charge on any atom is -0.488 e. The summed E-state index contributed by atoms with van der Waals surface area (Å²) >= 11 is 0. The molecule has 0 radical (unpaired) electrons. The third-order valence-electron chi connectivity index (χ3n) is 6.18. The number of sulfone groups is 1. The van der Waals surface area contributed by atoms with Gasteiger partial charge >= 0.3 is 6.36 Å². The first-order valence-corrected chi connectivity index (χ1v) is 12.6. The molecule has 1 heterocycles. The van der Waals surface area contributed by atoms with Crippen molar-refractivity contribution in [3.05, 3.63) is 48.3 Å². The predicted octanol–water partition coefficient (Wildman–Crippen LogP) is 3.54. The van der Waals surface area contributed by atoms with E-state index in [0.29, 0.717) is 30.8 Å². The van der Waals surface area contributed by atoms with E-state index in [9.17, 15) is 36.0 Å². The Kier molecular flexibility index (Phi) is 8.59. The topological polar surface area (TPSA) is 105 Å². The zero-order valence-corrected chi connectivity index (χ0v) is 20.2. The van der Waals surface area contributed by atoms with Crippen molar-refractivity contribution in [3.8, 4) is 16.9 Å². The van der Waals surface area contributed by atoms with Crippen LogP contribution in [-0.4, -0.2) is 68.4 Å². The largest absolute Gasteiger partial charge is 0.522 e. The molecule has 0 aromatic heterocycles. The Morgan fingerprint density at radius 3 is 2.22 bits per heavy atom. The van der Waals surface area contributed by atoms with E-state index in [1.165, 1.54) is 41.9 Å². The van der Waals surface area contributed by atoms with Crippen LogP contribution in [0.4, 0.5) is 17.6 Å². The van der Waals surface area contributed by atoms with Gasteiger partial charge < -0.3 is 9.64 Å². The van der Waals surface area contributed by atoms with Crippen LogP contribution in [-0.2, 0) is 19.4 Å². The molecule has 2 N–H and O–H groups in total. The SMILES string of the molecule is CCN1CCC(C(=O)NO)(S(=O)(=O)c2ccc(-c3ccc(OCCOC(F)(F)F)c(F)c3)cc2)CC1. The van der Waals surface area contributed by atoms with Crippen molar-refractivity contribution >= 4 is 15.7 Å². The average molecular weight is 535 g/mol. The highest BCUT2D eigenvalue weighted by molar-refractivity contribution is 7.93. The maximum absolute atomic E-state index is 14.4. The lowest BCUT2D eigenvalue weighted by Crippen LogP contribution is -2.57. The molecule has 198 valence electrons. The number of carbonyl (C=O) groups is 1. The van der Waals surface area contributed by atoms with Crippen molar-refractivity contribution in [2.24, 2.45) is 0 Å². The zero-order valence-electron chi connectivity index (χ0n) is 19.3. The fraction of sp³-hybridized carbons (Fsp3) is 0.435. The average Bonchev–Trinajstić information content (AvgIpc) is 2.86. The van der Waals surface area contributed by atoms with Crippen LogP contribution in [0.25, 0.3) is 11.1 Å². The first-order chi connectivity index (χ1) is 16.9. The smallest absolute Gasteiger partial charge is 0.488 e. The molecular formula is C23H26F4N2O6S. The van der Waals surface area contributed by atoms with Crippen molar-refractivity contribution in [2.75, 3.05) is 32.8 Å². The Hall–Kier alpha value is -2.74. The fourth-order valence-corrected chi connectivity index (χ4v) is 6.06. The monoisotopic (exact) mass is 534 g/mol. The van der Waals surface area contributed by atoms with Crippen molar-refractivity contribution in [2.45, 2.75) is 35.8 Å². The van der Waals surface area contributed by atoms with E-state index in [4.69, 9.17) is 4.74 Å². The third kappa shape index (κ3) is 5.97. The molecule has 0 saturated carbocycles. The van der Waals surface area contributed by atoms with E-state index in [-0.39, 0.29) is 23.5 Å². The molecule has 36 heavy (non-hydrogen) atoms. The van der Waals surface area contributed by atoms with E-state index in [1.807, 2.05) is 11.8 Å². The molecular weight excluding hydrogens is 508 g/mol. The van der Waals surface area contributed by atoms with Gasteiger partial charge in [-0.2, -0.15) is 0 Å². The van der Waals surface area contributed by atoms with Gasteiger partial charge in [0.05, 0.1) is 11.5 Å². The number of alkyl halides is 3. The van der Waals surface area contributed by atoms with Crippen molar-refractivity contribution in [1.29, 1.82) is 0 Å². The zero-order chi connectivity index (χ0) is 26.6. The molecule has 13 heteroatoms. The number of nitrogens with zero attached hydrogens (tertiary/aromatic N) is 1. The fourth-order valence-electron chi connectivity index (χ4n) is 4.11. The molecule has 0 atom stereocenters. The number of ether oxygens (including phenoxy) is 2. The van der Waals surface area contributed by atoms with Crippen LogP contribution >= 0.6 is 0 Å². The summed E-state index contributed by atoms with van der Waals surface area (Å²) in [5, 5.41) is 9.25. The number of carbonyl (C=O) groups excluding carboxylic acids is 1. The Morgan fingerprint density at radius 1 is 1.08 bits per heavy atom. The molecule has 8 nitrogen and oxygen atoms in total. The summed E-state index contributed by atoms with van der Waals surface area (Å²) in [4.78, 5) is 14.4. The normalized spacial score (nSPS) is 16.5. The Balaban J connectivity index is 1.78. The molecule has 0 bridgehead atoms. The maximum atomic E-state index is 14.4. The van der Waals surface area contributed by atoms with Gasteiger partial charge in [0, 0.05) is 13.1 Å². The molecule has 1 amide bonds. The van der Waals surface area contributed by atoms with Crippen LogP contribution in [0, 0.1) is 5.82 Å². The number of hydrogen-bond acceptors (Lipinski definition) is 7. The van der Waals surface area contributed by atoms with E-state index in [2.05, 4.69) is 4.74 Å². The summed E-state index contributed by atoms with van der Waals surface area (Å²) in [7, 11) is -4.19. The third-order valence-corrected chi connectivity index (χ3v) is 8.69. The van der Waals surface area contributed by atoms with E-state index >= 15 is 0 Å². The van der Waals surface area contributed by atoms with Crippen molar-refractivity contribution in [1.82, 2.24) is 10.4 Å². The second-order valence-corrected chi connectivity index (χ2v) is 10.4. The summed E-state index contributed by atoms with van der Waals surface area (Å²) < 4.78 is 84.1. The molecule has 3 rings (SSSR count). The molecule has 0 spiro atoms. The second-order valence-electron chi connectivity index (χ2n) is 8.19. The van der Waals surface area contributed by atoms with Gasteiger partial charge in [0.2, 0.25) is 0 Å². The van der Waals surface area contributed by atoms with Crippen LogP contribution in [0.1, 0.15) is 19.8 Å². The van der Waals surface area contributed by atoms with Gasteiger partial charge in [-0.15, -0.1) is 13.2 Å². The number of likely N-dealkylation sites (tertiary alicyclic amines) is 1. The van der Waals surface area contributed by atoms with Gasteiger partial charge in [-0.1, -0.05) is 25.1 Å². The Labute approximate surface area is 205 Å². The lowest BCUT2D eigenvalue weighted by Gasteiger charge is -2.39. The molecule has 2 aromatic rings. The van der Waals surface area contributed by atoms with Gasteiger partial charge in [0.1, 0.15) is 6.61 Å². The van der Waals surface area contributed by atoms with Crippen LogP contribution in [0.3, 0.4) is 0 Å². The minimum atomic E-state index is -4.81. The van der Waals surface area contributed by atoms with Crippen LogP contribution in [0.2, 0.25) is 0 Å². The number of hydrogen-bond donors (Lipinski definition) is 2. The number of piperidine rings is 1. The molecule has 1 aliphatic rings. The van der Waals surface area contributed by atoms with E-state index in [0.717, 1.165) is 6.07 Å². The minimum absolute atomic E-state index is 0.0119. The highest BCUT2D eigenvalue weighted by atomic mass is 32.2. The van der Waals surface area contributed by atoms with Crippen LogP contribution in [0.15, 0.2) is 47.4 Å². The van der Waals surface area contributed by atoms with Gasteiger partial charge in [-0.05, 0) is 54.8 Å². The lowest BCUT2D eigenvalue weighted by atomic mass is 9.95. The van der Waals surface area contributed by atoms with Crippen LogP contribution in [0.5, 0.6) is 5.75 Å². The molecule has 1 fully saturated rings.